The topological polar surface area (TPSA) is 53.0 Å². The van der Waals surface area contributed by atoms with Crippen LogP contribution in [0.3, 0.4) is 0 Å². The Kier molecular flexibility index (Phi) is 6.77. The van der Waals surface area contributed by atoms with Crippen LogP contribution < -0.4 is 4.74 Å². The summed E-state index contributed by atoms with van der Waals surface area (Å²) in [5.74, 6) is 1.73. The van der Waals surface area contributed by atoms with E-state index >= 15 is 0 Å². The van der Waals surface area contributed by atoms with E-state index in [1.807, 2.05) is 0 Å². The highest BCUT2D eigenvalue weighted by Crippen LogP contribution is 2.40. The summed E-state index contributed by atoms with van der Waals surface area (Å²) < 4.78 is 6.19. The zero-order valence-corrected chi connectivity index (χ0v) is 18.8. The van der Waals surface area contributed by atoms with Crippen molar-refractivity contribution in [3.8, 4) is 5.75 Å². The monoisotopic (exact) mass is 402 g/mol. The molecule has 0 radical (unpaired) electrons. The minimum Gasteiger partial charge on any atom is -0.493 e. The van der Waals surface area contributed by atoms with Crippen LogP contribution in [-0.4, -0.2) is 59.8 Å². The van der Waals surface area contributed by atoms with Crippen molar-refractivity contribution in [2.24, 2.45) is 11.3 Å². The number of fused-ring (bicyclic) bond motifs is 1. The summed E-state index contributed by atoms with van der Waals surface area (Å²) in [6.45, 7) is 15.3. The number of piperidine rings is 1. The Morgan fingerprint density at radius 1 is 1.21 bits per heavy atom. The lowest BCUT2D eigenvalue weighted by atomic mass is 9.75. The third-order valence-electron chi connectivity index (χ3n) is 6.72. The fraction of sp³-hybridized carbons (Fsp3) is 0.708. The molecule has 1 saturated heterocycles. The van der Waals surface area contributed by atoms with Crippen molar-refractivity contribution >= 4 is 6.09 Å². The average molecular weight is 403 g/mol. The first kappa shape index (κ1) is 21.9. The Labute approximate surface area is 176 Å². The second kappa shape index (κ2) is 8.95. The third kappa shape index (κ3) is 5.44. The standard InChI is InChI=1S/C24H38N2O3/c1-17(2)25-11-8-18(9-12-25)16-29-20-6-7-21-19(14-20)10-13-26(23(27)28)15-22(21)24(3,4)5/h6-7,14,17-18,22H,8-13,15-16H2,1-5H3,(H,27,28). The van der Waals surface area contributed by atoms with Crippen LogP contribution >= 0.6 is 0 Å². The van der Waals surface area contributed by atoms with E-state index in [-0.39, 0.29) is 11.3 Å². The molecule has 29 heavy (non-hydrogen) atoms. The maximum Gasteiger partial charge on any atom is 0.407 e. The van der Waals surface area contributed by atoms with Gasteiger partial charge in [0.15, 0.2) is 0 Å². The SMILES string of the molecule is CC(C)N1CCC(COc2ccc3c(c2)CCN(C(=O)O)CC3C(C)(C)C)CC1. The molecule has 1 amide bonds. The Bertz CT molecular complexity index is 703. The summed E-state index contributed by atoms with van der Waals surface area (Å²) in [6, 6.07) is 7.04. The summed E-state index contributed by atoms with van der Waals surface area (Å²) in [6.07, 6.45) is 2.32. The molecule has 1 aromatic carbocycles. The minimum atomic E-state index is -0.823. The van der Waals surface area contributed by atoms with Gasteiger partial charge in [-0.2, -0.15) is 0 Å². The van der Waals surface area contributed by atoms with Crippen LogP contribution in [0.5, 0.6) is 5.75 Å². The maximum absolute atomic E-state index is 11.6. The fourth-order valence-corrected chi connectivity index (χ4v) is 4.66. The zero-order chi connectivity index (χ0) is 21.2. The summed E-state index contributed by atoms with van der Waals surface area (Å²) >= 11 is 0. The number of ether oxygens (including phenoxy) is 1. The first-order valence-corrected chi connectivity index (χ1v) is 11.1. The molecule has 1 aromatic rings. The van der Waals surface area contributed by atoms with Gasteiger partial charge in [-0.05, 0) is 80.8 Å². The zero-order valence-electron chi connectivity index (χ0n) is 18.8. The van der Waals surface area contributed by atoms with E-state index in [0.717, 1.165) is 31.9 Å². The number of hydrogen-bond donors (Lipinski definition) is 1. The summed E-state index contributed by atoms with van der Waals surface area (Å²) in [5, 5.41) is 9.56. The molecule has 3 rings (SSSR count). The molecule has 2 aliphatic rings. The van der Waals surface area contributed by atoms with Crippen LogP contribution in [0.4, 0.5) is 4.79 Å². The van der Waals surface area contributed by atoms with Gasteiger partial charge in [-0.3, -0.25) is 0 Å². The molecular formula is C24H38N2O3. The molecule has 5 heteroatoms. The molecule has 1 atom stereocenters. The number of hydrogen-bond acceptors (Lipinski definition) is 3. The first-order valence-electron chi connectivity index (χ1n) is 11.1. The van der Waals surface area contributed by atoms with Crippen molar-refractivity contribution in [3.05, 3.63) is 29.3 Å². The summed E-state index contributed by atoms with van der Waals surface area (Å²) in [7, 11) is 0. The predicted molar refractivity (Wildman–Crippen MR) is 117 cm³/mol. The quantitative estimate of drug-likeness (QED) is 0.782. The molecule has 162 valence electrons. The van der Waals surface area contributed by atoms with Crippen LogP contribution in [0.15, 0.2) is 18.2 Å². The highest BCUT2D eigenvalue weighted by atomic mass is 16.5. The van der Waals surface area contributed by atoms with E-state index in [0.29, 0.717) is 25.0 Å². The molecule has 5 nitrogen and oxygen atoms in total. The Morgan fingerprint density at radius 2 is 1.90 bits per heavy atom. The summed E-state index contributed by atoms with van der Waals surface area (Å²) in [5.41, 5.74) is 2.51. The van der Waals surface area contributed by atoms with Crippen LogP contribution in [0, 0.1) is 11.3 Å². The van der Waals surface area contributed by atoms with Crippen molar-refractivity contribution < 1.29 is 14.6 Å². The normalized spacial score (nSPS) is 21.7. The molecule has 1 N–H and O–H groups in total. The van der Waals surface area contributed by atoms with Gasteiger partial charge in [0, 0.05) is 25.0 Å². The number of benzene rings is 1. The molecule has 2 aliphatic heterocycles. The Morgan fingerprint density at radius 3 is 2.48 bits per heavy atom. The lowest BCUT2D eigenvalue weighted by molar-refractivity contribution is 0.119. The van der Waals surface area contributed by atoms with Gasteiger partial charge >= 0.3 is 6.09 Å². The number of carboxylic acid groups (broad SMARTS) is 1. The van der Waals surface area contributed by atoms with Gasteiger partial charge in [0.2, 0.25) is 0 Å². The molecule has 0 aromatic heterocycles. The van der Waals surface area contributed by atoms with E-state index in [9.17, 15) is 9.90 Å². The Hall–Kier alpha value is -1.75. The van der Waals surface area contributed by atoms with Gasteiger partial charge in [0.25, 0.3) is 0 Å². The molecule has 0 saturated carbocycles. The van der Waals surface area contributed by atoms with Crippen LogP contribution in [-0.2, 0) is 6.42 Å². The second-order valence-electron chi connectivity index (χ2n) is 10.1. The van der Waals surface area contributed by atoms with Crippen LogP contribution in [0.25, 0.3) is 0 Å². The van der Waals surface area contributed by atoms with Gasteiger partial charge in [-0.25, -0.2) is 4.79 Å². The molecule has 1 fully saturated rings. The number of nitrogens with zero attached hydrogens (tertiary/aromatic N) is 2. The molecule has 1 unspecified atom stereocenters. The summed E-state index contributed by atoms with van der Waals surface area (Å²) in [4.78, 5) is 15.7. The Balaban J connectivity index is 1.68. The highest BCUT2D eigenvalue weighted by molar-refractivity contribution is 5.65. The van der Waals surface area contributed by atoms with E-state index in [4.69, 9.17) is 4.74 Å². The van der Waals surface area contributed by atoms with Crippen molar-refractivity contribution in [1.29, 1.82) is 0 Å². The maximum atomic E-state index is 11.6. The van der Waals surface area contributed by atoms with Gasteiger partial charge < -0.3 is 19.6 Å². The van der Waals surface area contributed by atoms with Gasteiger partial charge in [-0.15, -0.1) is 0 Å². The first-order chi connectivity index (χ1) is 13.6. The van der Waals surface area contributed by atoms with E-state index in [1.165, 1.54) is 24.0 Å². The van der Waals surface area contributed by atoms with Gasteiger partial charge in [-0.1, -0.05) is 26.8 Å². The predicted octanol–water partition coefficient (Wildman–Crippen LogP) is 4.85. The van der Waals surface area contributed by atoms with Crippen molar-refractivity contribution in [2.45, 2.75) is 65.8 Å². The van der Waals surface area contributed by atoms with E-state index in [2.05, 4.69) is 57.7 Å². The average Bonchev–Trinajstić information content (AvgIpc) is 2.86. The van der Waals surface area contributed by atoms with Crippen molar-refractivity contribution in [1.82, 2.24) is 9.80 Å². The largest absolute Gasteiger partial charge is 0.493 e. The second-order valence-corrected chi connectivity index (χ2v) is 10.1. The molecule has 2 heterocycles. The van der Waals surface area contributed by atoms with Crippen molar-refractivity contribution in [3.63, 3.8) is 0 Å². The van der Waals surface area contributed by atoms with Gasteiger partial charge in [0.05, 0.1) is 6.61 Å². The number of amides is 1. The molecule has 0 bridgehead atoms. The van der Waals surface area contributed by atoms with Gasteiger partial charge in [0.1, 0.15) is 5.75 Å². The number of likely N-dealkylation sites (tertiary alicyclic amines) is 1. The minimum absolute atomic E-state index is 0.000447. The fourth-order valence-electron chi connectivity index (χ4n) is 4.66. The smallest absolute Gasteiger partial charge is 0.407 e. The number of rotatable bonds is 4. The van der Waals surface area contributed by atoms with E-state index in [1.54, 1.807) is 4.90 Å². The third-order valence-corrected chi connectivity index (χ3v) is 6.72. The van der Waals surface area contributed by atoms with Crippen molar-refractivity contribution in [2.75, 3.05) is 32.8 Å². The lowest BCUT2D eigenvalue weighted by Gasteiger charge is -2.34. The number of carbonyl (C=O) groups is 1. The lowest BCUT2D eigenvalue weighted by Crippen LogP contribution is -2.39. The molecule has 0 spiro atoms. The van der Waals surface area contributed by atoms with Crippen LogP contribution in [0.1, 0.15) is 64.5 Å². The van der Waals surface area contributed by atoms with E-state index < -0.39 is 6.09 Å². The van der Waals surface area contributed by atoms with Crippen LogP contribution in [0.2, 0.25) is 0 Å². The molecular weight excluding hydrogens is 364 g/mol. The molecule has 0 aliphatic carbocycles. The highest BCUT2D eigenvalue weighted by Gasteiger charge is 2.33.